The van der Waals surface area contributed by atoms with Crippen molar-refractivity contribution in [2.75, 3.05) is 0 Å². The number of halogens is 1. The second kappa shape index (κ2) is 6.37. The van der Waals surface area contributed by atoms with Gasteiger partial charge in [-0.15, -0.1) is 0 Å². The predicted molar refractivity (Wildman–Crippen MR) is 83.5 cm³/mol. The first kappa shape index (κ1) is 15.5. The van der Waals surface area contributed by atoms with Gasteiger partial charge in [0, 0.05) is 41.0 Å². The number of nitrogens with one attached hydrogen (secondary N) is 2. The standard InChI is InChI=1S/C15H12FN3O3S/c16-13-7-9(1-2-10(13)8-18-23(21)22)11-5-6-17-15-12(11)3-4-14(20)19-15/h1-7,18H,8H2,(H,21,22)(H,17,19,20)/p-1. The molecule has 0 aliphatic rings. The maximum absolute atomic E-state index is 14.1. The number of fused-ring (bicyclic) bond motifs is 1. The van der Waals surface area contributed by atoms with E-state index in [9.17, 15) is 17.9 Å². The fraction of sp³-hybridized carbons (Fsp3) is 0.0667. The second-order valence-electron chi connectivity index (χ2n) is 4.81. The third-order valence-electron chi connectivity index (χ3n) is 3.38. The molecule has 8 heteroatoms. The summed E-state index contributed by atoms with van der Waals surface area (Å²) in [5.41, 5.74) is 1.72. The number of rotatable bonds is 4. The zero-order valence-electron chi connectivity index (χ0n) is 11.7. The highest BCUT2D eigenvalue weighted by Crippen LogP contribution is 2.27. The van der Waals surface area contributed by atoms with Gasteiger partial charge in [0.25, 0.3) is 0 Å². The van der Waals surface area contributed by atoms with Crippen LogP contribution in [-0.2, 0) is 17.8 Å². The highest BCUT2D eigenvalue weighted by Gasteiger charge is 2.09. The lowest BCUT2D eigenvalue weighted by molar-refractivity contribution is 0.520. The van der Waals surface area contributed by atoms with Gasteiger partial charge >= 0.3 is 0 Å². The lowest BCUT2D eigenvalue weighted by Gasteiger charge is -2.10. The Bertz CT molecular complexity index is 958. The molecular formula is C15H11FN3O3S-. The number of pyridine rings is 2. The molecule has 2 heterocycles. The number of hydrogen-bond donors (Lipinski definition) is 2. The van der Waals surface area contributed by atoms with Crippen LogP contribution in [0.4, 0.5) is 4.39 Å². The van der Waals surface area contributed by atoms with Crippen LogP contribution < -0.4 is 10.3 Å². The lowest BCUT2D eigenvalue weighted by Crippen LogP contribution is -2.16. The van der Waals surface area contributed by atoms with Gasteiger partial charge in [0.15, 0.2) is 0 Å². The Morgan fingerprint density at radius 1 is 1.26 bits per heavy atom. The summed E-state index contributed by atoms with van der Waals surface area (Å²) >= 11 is -2.45. The van der Waals surface area contributed by atoms with Crippen molar-refractivity contribution in [2.45, 2.75) is 6.54 Å². The van der Waals surface area contributed by atoms with Gasteiger partial charge in [-0.3, -0.25) is 9.00 Å². The van der Waals surface area contributed by atoms with Crippen LogP contribution in [0.3, 0.4) is 0 Å². The molecule has 1 aromatic carbocycles. The van der Waals surface area contributed by atoms with Gasteiger partial charge < -0.3 is 9.54 Å². The number of aromatic nitrogens is 2. The van der Waals surface area contributed by atoms with Gasteiger partial charge in [0.1, 0.15) is 11.5 Å². The normalized spacial score (nSPS) is 12.4. The van der Waals surface area contributed by atoms with Gasteiger partial charge in [0.2, 0.25) is 5.56 Å². The molecule has 2 aromatic heterocycles. The van der Waals surface area contributed by atoms with Crippen LogP contribution in [0.25, 0.3) is 22.2 Å². The number of aromatic amines is 1. The molecule has 0 amide bonds. The monoisotopic (exact) mass is 332 g/mol. The Morgan fingerprint density at radius 2 is 2.09 bits per heavy atom. The van der Waals surface area contributed by atoms with Crippen LogP contribution in [-0.4, -0.2) is 18.7 Å². The Labute approximate surface area is 132 Å². The summed E-state index contributed by atoms with van der Waals surface area (Å²) < 4.78 is 37.2. The van der Waals surface area contributed by atoms with Crippen molar-refractivity contribution in [1.29, 1.82) is 0 Å². The molecule has 23 heavy (non-hydrogen) atoms. The second-order valence-corrected chi connectivity index (χ2v) is 5.56. The summed E-state index contributed by atoms with van der Waals surface area (Å²) in [4.78, 5) is 18.1. The van der Waals surface area contributed by atoms with E-state index in [1.807, 2.05) is 0 Å². The fourth-order valence-corrected chi connectivity index (χ4v) is 2.58. The van der Waals surface area contributed by atoms with Crippen LogP contribution in [0.1, 0.15) is 5.56 Å². The minimum atomic E-state index is -2.45. The summed E-state index contributed by atoms with van der Waals surface area (Å²) in [7, 11) is 0. The smallest absolute Gasteiger partial charge is 0.249 e. The summed E-state index contributed by atoms with van der Waals surface area (Å²) in [6.07, 6.45) is 1.53. The molecule has 0 spiro atoms. The first-order valence-electron chi connectivity index (χ1n) is 6.64. The van der Waals surface area contributed by atoms with Crippen molar-refractivity contribution in [2.24, 2.45) is 0 Å². The number of H-pyrrole nitrogens is 1. The molecule has 0 saturated carbocycles. The van der Waals surface area contributed by atoms with Crippen LogP contribution >= 0.6 is 0 Å². The molecule has 0 bridgehead atoms. The van der Waals surface area contributed by atoms with Gasteiger partial charge in [-0.2, -0.15) is 0 Å². The predicted octanol–water partition coefficient (Wildman–Crippen LogP) is 1.61. The van der Waals surface area contributed by atoms with Crippen molar-refractivity contribution in [3.05, 3.63) is 64.3 Å². The van der Waals surface area contributed by atoms with Gasteiger partial charge in [-0.05, 0) is 29.3 Å². The molecule has 0 saturated heterocycles. The Morgan fingerprint density at radius 3 is 2.83 bits per heavy atom. The van der Waals surface area contributed by atoms with Crippen LogP contribution in [0.2, 0.25) is 0 Å². The summed E-state index contributed by atoms with van der Waals surface area (Å²) in [5, 5.41) is 0.693. The highest BCUT2D eigenvalue weighted by atomic mass is 32.2. The lowest BCUT2D eigenvalue weighted by atomic mass is 10.0. The number of benzene rings is 1. The number of nitrogens with zero attached hydrogens (tertiary/aromatic N) is 1. The molecule has 0 aliphatic carbocycles. The molecular weight excluding hydrogens is 321 g/mol. The van der Waals surface area contributed by atoms with E-state index in [4.69, 9.17) is 0 Å². The van der Waals surface area contributed by atoms with E-state index in [2.05, 4.69) is 14.7 Å². The maximum Gasteiger partial charge on any atom is 0.249 e. The Kier molecular flexibility index (Phi) is 4.28. The minimum Gasteiger partial charge on any atom is -0.760 e. The Balaban J connectivity index is 2.04. The van der Waals surface area contributed by atoms with Gasteiger partial charge in [-0.25, -0.2) is 14.1 Å². The SMILES string of the molecule is O=c1ccc2c(-c3ccc(CNS(=O)[O-])c(F)c3)ccnc2[nH]1. The van der Waals surface area contributed by atoms with E-state index in [0.717, 1.165) is 5.56 Å². The van der Waals surface area contributed by atoms with E-state index in [1.54, 1.807) is 18.2 Å². The average molecular weight is 332 g/mol. The van der Waals surface area contributed by atoms with E-state index in [1.165, 1.54) is 24.4 Å². The van der Waals surface area contributed by atoms with Crippen molar-refractivity contribution >= 4 is 22.3 Å². The van der Waals surface area contributed by atoms with Gasteiger partial charge in [-0.1, -0.05) is 12.1 Å². The van der Waals surface area contributed by atoms with E-state index in [0.29, 0.717) is 16.6 Å². The quantitative estimate of drug-likeness (QED) is 0.709. The van der Waals surface area contributed by atoms with Crippen molar-refractivity contribution in [3.8, 4) is 11.1 Å². The zero-order valence-corrected chi connectivity index (χ0v) is 12.5. The van der Waals surface area contributed by atoms with Crippen molar-refractivity contribution < 1.29 is 13.2 Å². The minimum absolute atomic E-state index is 0.118. The zero-order chi connectivity index (χ0) is 16.4. The summed E-state index contributed by atoms with van der Waals surface area (Å²) in [6.45, 7) is -0.118. The van der Waals surface area contributed by atoms with Crippen LogP contribution in [0.5, 0.6) is 0 Å². The molecule has 0 aliphatic heterocycles. The van der Waals surface area contributed by atoms with E-state index >= 15 is 0 Å². The molecule has 1 unspecified atom stereocenters. The summed E-state index contributed by atoms with van der Waals surface area (Å²) in [6, 6.07) is 9.26. The maximum atomic E-state index is 14.1. The van der Waals surface area contributed by atoms with E-state index < -0.39 is 17.1 Å². The number of hydrogen-bond acceptors (Lipinski definition) is 4. The molecule has 118 valence electrons. The van der Waals surface area contributed by atoms with Crippen LogP contribution in [0.15, 0.2) is 47.4 Å². The summed E-state index contributed by atoms with van der Waals surface area (Å²) in [5.74, 6) is -0.519. The molecule has 0 fully saturated rings. The highest BCUT2D eigenvalue weighted by molar-refractivity contribution is 7.77. The average Bonchev–Trinajstić information content (AvgIpc) is 2.52. The van der Waals surface area contributed by atoms with Gasteiger partial charge in [0.05, 0.1) is 0 Å². The molecule has 1 atom stereocenters. The molecule has 2 N–H and O–H groups in total. The first-order chi connectivity index (χ1) is 11.0. The van der Waals surface area contributed by atoms with Crippen LogP contribution in [0, 0.1) is 5.82 Å². The van der Waals surface area contributed by atoms with E-state index in [-0.39, 0.29) is 17.7 Å². The van der Waals surface area contributed by atoms with Crippen molar-refractivity contribution in [1.82, 2.24) is 14.7 Å². The first-order valence-corrected chi connectivity index (χ1v) is 7.72. The third kappa shape index (κ3) is 3.34. The molecule has 0 radical (unpaired) electrons. The topological polar surface area (TPSA) is 97.9 Å². The van der Waals surface area contributed by atoms with Crippen molar-refractivity contribution in [3.63, 3.8) is 0 Å². The fourth-order valence-electron chi connectivity index (χ4n) is 2.31. The molecule has 3 aromatic rings. The Hall–Kier alpha value is -2.42. The largest absolute Gasteiger partial charge is 0.760 e. The third-order valence-corrected chi connectivity index (χ3v) is 3.76. The molecule has 6 nitrogen and oxygen atoms in total. The molecule has 3 rings (SSSR count).